The van der Waals surface area contributed by atoms with Crippen LogP contribution in [0.2, 0.25) is 0 Å². The second-order valence-electron chi connectivity index (χ2n) is 5.48. The molecule has 0 aliphatic rings. The SMILES string of the molecule is CC(=O)Nc1ccc(C(=O)CSc2nnnn2-c2ccc(O)cc2)c(F)c1. The van der Waals surface area contributed by atoms with Gasteiger partial charge in [-0.15, -0.1) is 5.10 Å². The Balaban J connectivity index is 1.71. The molecule has 0 bridgehead atoms. The molecule has 0 spiro atoms. The van der Waals surface area contributed by atoms with E-state index in [1.54, 1.807) is 12.1 Å². The van der Waals surface area contributed by atoms with Crippen LogP contribution in [0.25, 0.3) is 5.69 Å². The molecule has 1 heterocycles. The van der Waals surface area contributed by atoms with Gasteiger partial charge in [-0.1, -0.05) is 11.8 Å². The van der Waals surface area contributed by atoms with E-state index < -0.39 is 11.6 Å². The Hall–Kier alpha value is -3.27. The van der Waals surface area contributed by atoms with Gasteiger partial charge in [-0.05, 0) is 52.9 Å². The number of halogens is 1. The highest BCUT2D eigenvalue weighted by atomic mass is 32.2. The summed E-state index contributed by atoms with van der Waals surface area (Å²) in [4.78, 5) is 23.3. The molecular weight excluding hydrogens is 373 g/mol. The first-order chi connectivity index (χ1) is 12.9. The first-order valence-electron chi connectivity index (χ1n) is 7.75. The second-order valence-corrected chi connectivity index (χ2v) is 6.42. The van der Waals surface area contributed by atoms with Crippen molar-refractivity contribution in [3.05, 3.63) is 53.8 Å². The molecule has 0 aliphatic heterocycles. The van der Waals surface area contributed by atoms with E-state index in [4.69, 9.17) is 0 Å². The molecule has 3 rings (SSSR count). The summed E-state index contributed by atoms with van der Waals surface area (Å²) in [6, 6.07) is 10.1. The zero-order valence-corrected chi connectivity index (χ0v) is 14.9. The Bertz CT molecular complexity index is 990. The van der Waals surface area contributed by atoms with Crippen LogP contribution in [-0.4, -0.2) is 42.8 Å². The number of amides is 1. The lowest BCUT2D eigenvalue weighted by atomic mass is 10.1. The van der Waals surface area contributed by atoms with Crippen LogP contribution in [0.3, 0.4) is 0 Å². The minimum Gasteiger partial charge on any atom is -0.508 e. The van der Waals surface area contributed by atoms with E-state index in [1.807, 2.05) is 0 Å². The number of rotatable bonds is 6. The third-order valence-electron chi connectivity index (χ3n) is 3.46. The van der Waals surface area contributed by atoms with Gasteiger partial charge in [-0.2, -0.15) is 4.68 Å². The number of Topliss-reactive ketones (excluding diaryl/α,β-unsaturated/α-hetero) is 1. The third kappa shape index (κ3) is 4.47. The number of carbonyl (C=O) groups excluding carboxylic acids is 2. The molecule has 3 aromatic rings. The maximum absolute atomic E-state index is 14.1. The molecule has 0 fully saturated rings. The fraction of sp³-hybridized carbons (Fsp3) is 0.118. The summed E-state index contributed by atoms with van der Waals surface area (Å²) in [5, 5.41) is 23.4. The van der Waals surface area contributed by atoms with Crippen molar-refractivity contribution in [2.24, 2.45) is 0 Å². The average molecular weight is 387 g/mol. The van der Waals surface area contributed by atoms with Crippen LogP contribution in [0.1, 0.15) is 17.3 Å². The molecule has 1 aromatic heterocycles. The molecular formula is C17H14FN5O3S. The standard InChI is InChI=1S/C17H14FN5O3S/c1-10(24)19-11-2-7-14(15(18)8-11)16(26)9-27-17-20-21-22-23(17)12-3-5-13(25)6-4-12/h2-8,25H,9H2,1H3,(H,19,24). The van der Waals surface area contributed by atoms with Gasteiger partial charge in [0.15, 0.2) is 5.78 Å². The van der Waals surface area contributed by atoms with Crippen LogP contribution >= 0.6 is 11.8 Å². The summed E-state index contributed by atoms with van der Waals surface area (Å²) < 4.78 is 15.6. The smallest absolute Gasteiger partial charge is 0.221 e. The summed E-state index contributed by atoms with van der Waals surface area (Å²) in [7, 11) is 0. The van der Waals surface area contributed by atoms with Crippen molar-refractivity contribution in [3.63, 3.8) is 0 Å². The summed E-state index contributed by atoms with van der Waals surface area (Å²) in [6.07, 6.45) is 0. The zero-order valence-electron chi connectivity index (χ0n) is 14.1. The van der Waals surface area contributed by atoms with E-state index in [2.05, 4.69) is 20.8 Å². The lowest BCUT2D eigenvalue weighted by Gasteiger charge is -2.07. The minimum absolute atomic E-state index is 0.0745. The van der Waals surface area contributed by atoms with Gasteiger partial charge in [0.05, 0.1) is 17.0 Å². The number of nitrogens with zero attached hydrogens (tertiary/aromatic N) is 4. The number of phenolic OH excluding ortho intramolecular Hbond substituents is 1. The predicted octanol–water partition coefficient (Wildman–Crippen LogP) is 2.44. The number of thioether (sulfide) groups is 1. The van der Waals surface area contributed by atoms with Gasteiger partial charge in [0.2, 0.25) is 11.1 Å². The van der Waals surface area contributed by atoms with Gasteiger partial charge in [-0.3, -0.25) is 9.59 Å². The molecule has 0 atom stereocenters. The number of aromatic nitrogens is 4. The summed E-state index contributed by atoms with van der Waals surface area (Å²) in [6.45, 7) is 1.31. The number of hydrogen-bond donors (Lipinski definition) is 2. The molecule has 0 saturated heterocycles. The maximum atomic E-state index is 14.1. The Morgan fingerprint density at radius 1 is 1.22 bits per heavy atom. The number of hydrogen-bond acceptors (Lipinski definition) is 7. The molecule has 10 heteroatoms. The highest BCUT2D eigenvalue weighted by Crippen LogP contribution is 2.22. The molecule has 0 aliphatic carbocycles. The quantitative estimate of drug-likeness (QED) is 0.494. The van der Waals surface area contributed by atoms with Crippen molar-refractivity contribution < 1.29 is 19.1 Å². The molecule has 0 radical (unpaired) electrons. The molecule has 1 amide bonds. The number of aromatic hydroxyl groups is 1. The van der Waals surface area contributed by atoms with E-state index in [0.29, 0.717) is 10.8 Å². The van der Waals surface area contributed by atoms with Crippen LogP contribution < -0.4 is 5.32 Å². The minimum atomic E-state index is -0.718. The summed E-state index contributed by atoms with van der Waals surface area (Å²) in [5.41, 5.74) is 0.805. The highest BCUT2D eigenvalue weighted by molar-refractivity contribution is 7.99. The van der Waals surface area contributed by atoms with E-state index in [-0.39, 0.29) is 28.7 Å². The van der Waals surface area contributed by atoms with Crippen molar-refractivity contribution in [1.82, 2.24) is 20.2 Å². The van der Waals surface area contributed by atoms with Gasteiger partial charge in [0.25, 0.3) is 0 Å². The summed E-state index contributed by atoms with van der Waals surface area (Å²) in [5.74, 6) is -1.45. The van der Waals surface area contributed by atoms with Gasteiger partial charge < -0.3 is 10.4 Å². The van der Waals surface area contributed by atoms with Crippen molar-refractivity contribution in [1.29, 1.82) is 0 Å². The van der Waals surface area contributed by atoms with E-state index in [9.17, 15) is 19.1 Å². The van der Waals surface area contributed by atoms with Crippen LogP contribution in [0.15, 0.2) is 47.6 Å². The lowest BCUT2D eigenvalue weighted by Crippen LogP contribution is -2.09. The molecule has 0 unspecified atom stereocenters. The monoisotopic (exact) mass is 387 g/mol. The van der Waals surface area contributed by atoms with Crippen molar-refractivity contribution >= 4 is 29.1 Å². The fourth-order valence-corrected chi connectivity index (χ4v) is 3.03. The van der Waals surface area contributed by atoms with Gasteiger partial charge in [-0.25, -0.2) is 4.39 Å². The lowest BCUT2D eigenvalue weighted by molar-refractivity contribution is -0.114. The highest BCUT2D eigenvalue weighted by Gasteiger charge is 2.16. The Labute approximate surface area is 157 Å². The summed E-state index contributed by atoms with van der Waals surface area (Å²) >= 11 is 1.06. The third-order valence-corrected chi connectivity index (χ3v) is 4.38. The number of tetrazole rings is 1. The van der Waals surface area contributed by atoms with Crippen LogP contribution in [0.4, 0.5) is 10.1 Å². The van der Waals surface area contributed by atoms with E-state index >= 15 is 0 Å². The fourth-order valence-electron chi connectivity index (χ4n) is 2.25. The number of anilines is 1. The molecule has 8 nitrogen and oxygen atoms in total. The van der Waals surface area contributed by atoms with E-state index in [0.717, 1.165) is 17.8 Å². The normalized spacial score (nSPS) is 10.6. The number of ketones is 1. The average Bonchev–Trinajstić information content (AvgIpc) is 3.08. The first-order valence-corrected chi connectivity index (χ1v) is 8.73. The number of nitrogens with one attached hydrogen (secondary N) is 1. The van der Waals surface area contributed by atoms with Crippen LogP contribution in [0.5, 0.6) is 5.75 Å². The Morgan fingerprint density at radius 3 is 2.63 bits per heavy atom. The topological polar surface area (TPSA) is 110 Å². The van der Waals surface area contributed by atoms with Crippen molar-refractivity contribution in [3.8, 4) is 11.4 Å². The maximum Gasteiger partial charge on any atom is 0.221 e. The number of carbonyl (C=O) groups is 2. The van der Waals surface area contributed by atoms with E-state index in [1.165, 1.54) is 35.9 Å². The molecule has 27 heavy (non-hydrogen) atoms. The largest absolute Gasteiger partial charge is 0.508 e. The van der Waals surface area contributed by atoms with Gasteiger partial charge >= 0.3 is 0 Å². The Morgan fingerprint density at radius 2 is 1.96 bits per heavy atom. The molecule has 2 N–H and O–H groups in total. The first kappa shape index (κ1) is 18.5. The van der Waals surface area contributed by atoms with Gasteiger partial charge in [0, 0.05) is 12.6 Å². The number of benzene rings is 2. The van der Waals surface area contributed by atoms with Crippen LogP contribution in [0, 0.1) is 5.82 Å². The molecule has 138 valence electrons. The zero-order chi connectivity index (χ0) is 19.4. The second kappa shape index (κ2) is 7.96. The number of phenols is 1. The van der Waals surface area contributed by atoms with Gasteiger partial charge in [0.1, 0.15) is 11.6 Å². The predicted molar refractivity (Wildman–Crippen MR) is 96.6 cm³/mol. The van der Waals surface area contributed by atoms with Crippen molar-refractivity contribution in [2.45, 2.75) is 12.1 Å². The molecule has 0 saturated carbocycles. The Kier molecular flexibility index (Phi) is 5.46. The van der Waals surface area contributed by atoms with Crippen LogP contribution in [-0.2, 0) is 4.79 Å². The molecule has 2 aromatic carbocycles. The van der Waals surface area contributed by atoms with Crippen molar-refractivity contribution in [2.75, 3.05) is 11.1 Å².